The van der Waals surface area contributed by atoms with Gasteiger partial charge in [-0.2, -0.15) is 0 Å². The van der Waals surface area contributed by atoms with Crippen LogP contribution in [-0.2, 0) is 6.54 Å². The zero-order chi connectivity index (χ0) is 16.5. The van der Waals surface area contributed by atoms with Crippen LogP contribution in [-0.4, -0.2) is 20.4 Å². The maximum absolute atomic E-state index is 11.5. The molecule has 4 aromatic heterocycles. The molecule has 0 radical (unpaired) electrons. The monoisotopic (exact) mass is 354 g/mol. The quantitative estimate of drug-likeness (QED) is 0.542. The minimum atomic E-state index is 0.0753. The lowest BCUT2D eigenvalue weighted by atomic mass is 10.3. The summed E-state index contributed by atoms with van der Waals surface area (Å²) < 4.78 is 1.81. The summed E-state index contributed by atoms with van der Waals surface area (Å²) in [6.07, 6.45) is 1.79. The predicted molar refractivity (Wildman–Crippen MR) is 98.0 cm³/mol. The van der Waals surface area contributed by atoms with Crippen molar-refractivity contribution in [2.24, 2.45) is 0 Å². The van der Waals surface area contributed by atoms with E-state index < -0.39 is 0 Å². The summed E-state index contributed by atoms with van der Waals surface area (Å²) in [5.74, 6) is 0.866. The summed E-state index contributed by atoms with van der Waals surface area (Å²) in [6, 6.07) is 11.8. The Morgan fingerprint density at radius 2 is 2.17 bits per heavy atom. The number of Topliss-reactive ketones (excluding diaryl/α,β-unsaturated/α-hetero) is 1. The van der Waals surface area contributed by atoms with Crippen LogP contribution in [0.3, 0.4) is 0 Å². The first-order valence-corrected chi connectivity index (χ1v) is 9.12. The third kappa shape index (κ3) is 2.83. The largest absolute Gasteiger partial charge is 0.364 e. The number of thiophene rings is 2. The first-order chi connectivity index (χ1) is 11.7. The van der Waals surface area contributed by atoms with E-state index in [-0.39, 0.29) is 5.78 Å². The van der Waals surface area contributed by atoms with E-state index in [1.54, 1.807) is 24.5 Å². The molecule has 0 amide bonds. The average Bonchev–Trinajstić information content (AvgIpc) is 3.31. The van der Waals surface area contributed by atoms with Crippen LogP contribution in [0, 0.1) is 0 Å². The smallest absolute Gasteiger partial charge is 0.169 e. The highest BCUT2D eigenvalue weighted by molar-refractivity contribution is 7.17. The van der Waals surface area contributed by atoms with E-state index in [1.165, 1.54) is 16.2 Å². The molecule has 0 aromatic carbocycles. The van der Waals surface area contributed by atoms with Gasteiger partial charge in [-0.05, 0) is 42.6 Å². The molecule has 0 atom stereocenters. The van der Waals surface area contributed by atoms with Gasteiger partial charge in [-0.25, -0.2) is 9.50 Å². The summed E-state index contributed by atoms with van der Waals surface area (Å²) >= 11 is 3.17. The molecule has 0 fully saturated rings. The number of rotatable bonds is 5. The average molecular weight is 354 g/mol. The van der Waals surface area contributed by atoms with Crippen molar-refractivity contribution in [2.45, 2.75) is 13.5 Å². The number of fused-ring (bicyclic) bond motifs is 1. The molecule has 120 valence electrons. The third-order valence-corrected chi connectivity index (χ3v) is 5.68. The number of carbonyl (C=O) groups is 1. The second-order valence-electron chi connectivity index (χ2n) is 5.29. The molecule has 0 bridgehead atoms. The van der Waals surface area contributed by atoms with Crippen molar-refractivity contribution in [3.05, 3.63) is 57.7 Å². The van der Waals surface area contributed by atoms with Crippen molar-refractivity contribution in [3.63, 3.8) is 0 Å². The third-order valence-electron chi connectivity index (χ3n) is 3.59. The molecule has 0 saturated heterocycles. The minimum absolute atomic E-state index is 0.0753. The van der Waals surface area contributed by atoms with E-state index in [9.17, 15) is 4.79 Å². The Bertz CT molecular complexity index is 1000. The van der Waals surface area contributed by atoms with Crippen LogP contribution in [0.4, 0.5) is 5.82 Å². The number of ketones is 1. The number of carbonyl (C=O) groups excluding carboxylic acids is 1. The first-order valence-electron chi connectivity index (χ1n) is 7.43. The van der Waals surface area contributed by atoms with Crippen LogP contribution in [0.15, 0.2) is 48.0 Å². The molecule has 5 nitrogen and oxygen atoms in total. The molecular formula is C17H14N4OS2. The zero-order valence-corrected chi connectivity index (χ0v) is 14.5. The van der Waals surface area contributed by atoms with E-state index >= 15 is 0 Å². The number of anilines is 1. The predicted octanol–water partition coefficient (Wildman–Crippen LogP) is 4.33. The highest BCUT2D eigenvalue weighted by Crippen LogP contribution is 2.29. The maximum atomic E-state index is 11.5. The number of imidazole rings is 1. The number of hydrogen-bond acceptors (Lipinski definition) is 6. The molecule has 0 unspecified atom stereocenters. The highest BCUT2D eigenvalue weighted by Gasteiger charge is 2.12. The van der Waals surface area contributed by atoms with Crippen LogP contribution >= 0.6 is 22.7 Å². The van der Waals surface area contributed by atoms with Crippen molar-refractivity contribution < 1.29 is 4.79 Å². The molecule has 0 spiro atoms. The second-order valence-corrected chi connectivity index (χ2v) is 7.40. The molecule has 0 aliphatic rings. The number of nitrogens with one attached hydrogen (secondary N) is 1. The van der Waals surface area contributed by atoms with E-state index in [0.717, 1.165) is 33.5 Å². The van der Waals surface area contributed by atoms with Crippen LogP contribution < -0.4 is 5.32 Å². The second kappa shape index (κ2) is 6.18. The standard InChI is InChI=1S/C17H14N4OS2/c1-11(22)14-4-5-15(24-14)13-10-19-17-7-6-16(20-21(13)17)18-9-12-3-2-8-23-12/h2-8,10H,9H2,1H3,(H,18,20). The summed E-state index contributed by atoms with van der Waals surface area (Å²) in [4.78, 5) is 18.9. The molecule has 7 heteroatoms. The van der Waals surface area contributed by atoms with Gasteiger partial charge in [0.1, 0.15) is 11.5 Å². The van der Waals surface area contributed by atoms with E-state index in [2.05, 4.69) is 26.8 Å². The molecule has 24 heavy (non-hydrogen) atoms. The Labute approximate surface area is 146 Å². The van der Waals surface area contributed by atoms with Gasteiger partial charge in [-0.1, -0.05) is 6.07 Å². The normalized spacial score (nSPS) is 11.0. The molecule has 0 aliphatic carbocycles. The summed E-state index contributed by atoms with van der Waals surface area (Å²) in [5.41, 5.74) is 1.67. The summed E-state index contributed by atoms with van der Waals surface area (Å²) in [7, 11) is 0. The minimum Gasteiger partial charge on any atom is -0.364 e. The van der Waals surface area contributed by atoms with Crippen LogP contribution in [0.25, 0.3) is 16.2 Å². The van der Waals surface area contributed by atoms with Crippen LogP contribution in [0.1, 0.15) is 21.5 Å². The van der Waals surface area contributed by atoms with E-state index in [4.69, 9.17) is 0 Å². The van der Waals surface area contributed by atoms with E-state index in [0.29, 0.717) is 0 Å². The maximum Gasteiger partial charge on any atom is 0.169 e. The fourth-order valence-corrected chi connectivity index (χ4v) is 3.93. The molecule has 4 heterocycles. The molecule has 4 rings (SSSR count). The topological polar surface area (TPSA) is 59.3 Å². The van der Waals surface area contributed by atoms with Gasteiger partial charge in [0.05, 0.1) is 22.5 Å². The fraction of sp³-hybridized carbons (Fsp3) is 0.118. The summed E-state index contributed by atoms with van der Waals surface area (Å²) in [5, 5.41) is 10.0. The van der Waals surface area contributed by atoms with Crippen LogP contribution in [0.2, 0.25) is 0 Å². The summed E-state index contributed by atoms with van der Waals surface area (Å²) in [6.45, 7) is 2.32. The van der Waals surface area contributed by atoms with Crippen molar-refractivity contribution in [1.82, 2.24) is 14.6 Å². The Morgan fingerprint density at radius 1 is 1.25 bits per heavy atom. The van der Waals surface area contributed by atoms with Crippen molar-refractivity contribution >= 4 is 39.9 Å². The van der Waals surface area contributed by atoms with Gasteiger partial charge in [-0.3, -0.25) is 4.79 Å². The van der Waals surface area contributed by atoms with Gasteiger partial charge in [0, 0.05) is 4.88 Å². The Morgan fingerprint density at radius 3 is 2.92 bits per heavy atom. The highest BCUT2D eigenvalue weighted by atomic mass is 32.1. The Kier molecular flexibility index (Phi) is 3.87. The number of aromatic nitrogens is 3. The van der Waals surface area contributed by atoms with Gasteiger partial charge in [0.25, 0.3) is 0 Å². The lowest BCUT2D eigenvalue weighted by Crippen LogP contribution is -2.03. The lowest BCUT2D eigenvalue weighted by Gasteiger charge is -2.05. The van der Waals surface area contributed by atoms with Gasteiger partial charge >= 0.3 is 0 Å². The molecule has 0 saturated carbocycles. The number of hydrogen-bond donors (Lipinski definition) is 1. The molecule has 1 N–H and O–H groups in total. The van der Waals surface area contributed by atoms with Crippen LogP contribution in [0.5, 0.6) is 0 Å². The first kappa shape index (κ1) is 15.0. The van der Waals surface area contributed by atoms with E-state index in [1.807, 2.05) is 34.8 Å². The Balaban J connectivity index is 1.66. The molecule has 0 aliphatic heterocycles. The van der Waals surface area contributed by atoms with Gasteiger partial charge < -0.3 is 5.32 Å². The van der Waals surface area contributed by atoms with Crippen molar-refractivity contribution in [1.29, 1.82) is 0 Å². The van der Waals surface area contributed by atoms with Gasteiger partial charge in [0.15, 0.2) is 11.4 Å². The molecule has 4 aromatic rings. The van der Waals surface area contributed by atoms with Gasteiger partial charge in [0.2, 0.25) is 0 Å². The number of nitrogens with zero attached hydrogens (tertiary/aromatic N) is 3. The molecular weight excluding hydrogens is 340 g/mol. The zero-order valence-electron chi connectivity index (χ0n) is 12.9. The lowest BCUT2D eigenvalue weighted by molar-refractivity contribution is 0.102. The SMILES string of the molecule is CC(=O)c1ccc(-c2cnc3ccc(NCc4cccs4)nn23)s1. The Hall–Kier alpha value is -2.51. The van der Waals surface area contributed by atoms with Crippen molar-refractivity contribution in [3.8, 4) is 10.6 Å². The fourth-order valence-electron chi connectivity index (χ4n) is 2.39. The van der Waals surface area contributed by atoms with Gasteiger partial charge in [-0.15, -0.1) is 27.8 Å². The van der Waals surface area contributed by atoms with Crippen molar-refractivity contribution in [2.75, 3.05) is 5.32 Å².